The number of rotatable bonds is 5. The number of nitrogens with zero attached hydrogens (tertiary/aromatic N) is 2. The summed E-state index contributed by atoms with van der Waals surface area (Å²) in [6, 6.07) is 6.00. The first-order chi connectivity index (χ1) is 14.1. The van der Waals surface area contributed by atoms with Gasteiger partial charge in [0, 0.05) is 4.88 Å². The smallest absolute Gasteiger partial charge is 0.259 e. The van der Waals surface area contributed by atoms with E-state index in [0.717, 1.165) is 45.3 Å². The maximum absolute atomic E-state index is 12.5. The highest BCUT2D eigenvalue weighted by molar-refractivity contribution is 7.99. The number of H-pyrrole nitrogens is 1. The van der Waals surface area contributed by atoms with Crippen molar-refractivity contribution in [3.8, 4) is 0 Å². The number of aryl methyl sites for hydroxylation is 3. The second-order valence-electron chi connectivity index (χ2n) is 7.03. The number of thiazole rings is 1. The average molecular weight is 443 g/mol. The largest absolute Gasteiger partial charge is 0.309 e. The van der Waals surface area contributed by atoms with Crippen molar-refractivity contribution in [2.75, 3.05) is 11.1 Å². The van der Waals surface area contributed by atoms with Gasteiger partial charge in [-0.2, -0.15) is 0 Å². The fourth-order valence-corrected chi connectivity index (χ4v) is 6.58. The Kier molecular flexibility index (Phi) is 4.89. The molecule has 3 heterocycles. The highest BCUT2D eigenvalue weighted by Gasteiger charge is 2.21. The molecule has 148 valence electrons. The first-order valence-electron chi connectivity index (χ1n) is 9.35. The first kappa shape index (κ1) is 18.8. The molecule has 1 aliphatic rings. The molecule has 29 heavy (non-hydrogen) atoms. The van der Waals surface area contributed by atoms with Crippen LogP contribution in [0.15, 0.2) is 23.0 Å². The lowest BCUT2D eigenvalue weighted by atomic mass is 10.2. The van der Waals surface area contributed by atoms with Crippen LogP contribution >= 0.6 is 34.4 Å². The predicted octanol–water partition coefficient (Wildman–Crippen LogP) is 4.26. The Bertz CT molecular complexity index is 1300. The molecule has 4 aromatic rings. The molecule has 0 saturated heterocycles. The third-order valence-electron chi connectivity index (χ3n) is 4.96. The van der Waals surface area contributed by atoms with Crippen LogP contribution in [0.2, 0.25) is 0 Å². The number of aromatic nitrogens is 3. The van der Waals surface area contributed by atoms with Gasteiger partial charge in [-0.05, 0) is 43.4 Å². The number of thiophene rings is 1. The van der Waals surface area contributed by atoms with E-state index < -0.39 is 0 Å². The van der Waals surface area contributed by atoms with Crippen LogP contribution in [0, 0.1) is 6.92 Å². The Morgan fingerprint density at radius 2 is 2.17 bits per heavy atom. The van der Waals surface area contributed by atoms with Crippen molar-refractivity contribution >= 4 is 65.9 Å². The van der Waals surface area contributed by atoms with Gasteiger partial charge in [-0.1, -0.05) is 23.5 Å². The van der Waals surface area contributed by atoms with Crippen LogP contribution in [0.25, 0.3) is 20.4 Å². The molecule has 0 bridgehead atoms. The van der Waals surface area contributed by atoms with Crippen LogP contribution in [0.1, 0.15) is 28.2 Å². The van der Waals surface area contributed by atoms with Crippen molar-refractivity contribution in [2.24, 2.45) is 0 Å². The Balaban J connectivity index is 1.23. The average Bonchev–Trinajstić information content (AvgIpc) is 3.35. The lowest BCUT2D eigenvalue weighted by Gasteiger charge is -2.03. The van der Waals surface area contributed by atoms with E-state index >= 15 is 0 Å². The van der Waals surface area contributed by atoms with Gasteiger partial charge in [-0.15, -0.1) is 23.1 Å². The van der Waals surface area contributed by atoms with E-state index in [9.17, 15) is 9.59 Å². The number of carbonyl (C=O) groups is 1. The molecule has 3 aromatic heterocycles. The highest BCUT2D eigenvalue weighted by Crippen LogP contribution is 2.34. The minimum atomic E-state index is -0.106. The van der Waals surface area contributed by atoms with Crippen molar-refractivity contribution in [1.82, 2.24) is 15.0 Å². The van der Waals surface area contributed by atoms with Crippen LogP contribution in [0.3, 0.4) is 0 Å². The van der Waals surface area contributed by atoms with E-state index in [2.05, 4.69) is 20.3 Å². The zero-order valence-corrected chi connectivity index (χ0v) is 18.2. The van der Waals surface area contributed by atoms with Gasteiger partial charge in [-0.25, -0.2) is 9.97 Å². The standard InChI is InChI=1S/C20H18N4O2S3/c1-10-4-2-7-13-17(10)24-20(29-13)23-15(25)9-27-8-14-21-18(26)16-11-5-3-6-12(11)28-19(16)22-14/h2,4,7H,3,5-6,8-9H2,1H3,(H,21,22,26)(H,23,24,25). The van der Waals surface area contributed by atoms with E-state index in [4.69, 9.17) is 0 Å². The molecule has 0 atom stereocenters. The predicted molar refractivity (Wildman–Crippen MR) is 121 cm³/mol. The van der Waals surface area contributed by atoms with E-state index in [-0.39, 0.29) is 17.2 Å². The molecule has 0 aliphatic heterocycles. The number of para-hydroxylation sites is 1. The second-order valence-corrected chi connectivity index (χ2v) is 10.1. The summed E-state index contributed by atoms with van der Waals surface area (Å²) >= 11 is 4.53. The van der Waals surface area contributed by atoms with Crippen LogP contribution in [0.4, 0.5) is 5.13 Å². The summed E-state index contributed by atoms with van der Waals surface area (Å²) in [7, 11) is 0. The number of anilines is 1. The Hall–Kier alpha value is -2.23. The van der Waals surface area contributed by atoms with Gasteiger partial charge in [0.05, 0.1) is 27.1 Å². The van der Waals surface area contributed by atoms with Crippen molar-refractivity contribution in [3.63, 3.8) is 0 Å². The Morgan fingerprint density at radius 1 is 1.28 bits per heavy atom. The lowest BCUT2D eigenvalue weighted by molar-refractivity contribution is -0.113. The zero-order valence-electron chi connectivity index (χ0n) is 15.7. The molecular weight excluding hydrogens is 424 g/mol. The number of hydrogen-bond donors (Lipinski definition) is 2. The maximum Gasteiger partial charge on any atom is 0.259 e. The van der Waals surface area contributed by atoms with Gasteiger partial charge < -0.3 is 10.3 Å². The van der Waals surface area contributed by atoms with Gasteiger partial charge in [0.2, 0.25) is 5.91 Å². The number of benzene rings is 1. The molecule has 1 aromatic carbocycles. The van der Waals surface area contributed by atoms with Crippen molar-refractivity contribution in [3.05, 3.63) is 50.4 Å². The van der Waals surface area contributed by atoms with Gasteiger partial charge in [0.1, 0.15) is 10.7 Å². The summed E-state index contributed by atoms with van der Waals surface area (Å²) in [5, 5.41) is 4.25. The SMILES string of the molecule is Cc1cccc2sc(NC(=O)CSCc3nc4sc5c(c4c(=O)[nH]3)CCC5)nc12. The minimum Gasteiger partial charge on any atom is -0.309 e. The van der Waals surface area contributed by atoms with Gasteiger partial charge in [0.15, 0.2) is 5.13 Å². The summed E-state index contributed by atoms with van der Waals surface area (Å²) in [5.74, 6) is 1.28. The second kappa shape index (κ2) is 7.55. The van der Waals surface area contributed by atoms with Gasteiger partial charge >= 0.3 is 0 Å². The van der Waals surface area contributed by atoms with Crippen molar-refractivity contribution in [2.45, 2.75) is 31.9 Å². The molecule has 1 aliphatic carbocycles. The number of aromatic amines is 1. The van der Waals surface area contributed by atoms with Crippen LogP contribution in [-0.4, -0.2) is 26.6 Å². The topological polar surface area (TPSA) is 87.7 Å². The fourth-order valence-electron chi connectivity index (χ4n) is 3.65. The molecule has 5 rings (SSSR count). The fraction of sp³-hybridized carbons (Fsp3) is 0.300. The number of hydrogen-bond acceptors (Lipinski definition) is 7. The molecule has 2 N–H and O–H groups in total. The summed E-state index contributed by atoms with van der Waals surface area (Å²) < 4.78 is 1.06. The molecule has 0 saturated carbocycles. The van der Waals surface area contributed by atoms with E-state index in [1.165, 1.54) is 33.5 Å². The minimum absolute atomic E-state index is 0.0562. The maximum atomic E-state index is 12.5. The quantitative estimate of drug-likeness (QED) is 0.482. The third-order valence-corrected chi connectivity index (χ3v) is 8.03. The number of carbonyl (C=O) groups excluding carboxylic acids is 1. The van der Waals surface area contributed by atoms with Gasteiger partial charge in [0.25, 0.3) is 5.56 Å². The first-order valence-corrected chi connectivity index (χ1v) is 12.1. The van der Waals surface area contributed by atoms with Gasteiger partial charge in [-0.3, -0.25) is 9.59 Å². The summed E-state index contributed by atoms with van der Waals surface area (Å²) in [6.45, 7) is 2.01. The van der Waals surface area contributed by atoms with E-state index in [1.54, 1.807) is 11.3 Å². The van der Waals surface area contributed by atoms with E-state index in [0.29, 0.717) is 16.7 Å². The molecule has 0 spiro atoms. The van der Waals surface area contributed by atoms with Crippen LogP contribution in [0.5, 0.6) is 0 Å². The van der Waals surface area contributed by atoms with Crippen LogP contribution < -0.4 is 10.9 Å². The number of fused-ring (bicyclic) bond motifs is 4. The normalized spacial score (nSPS) is 13.3. The number of nitrogens with one attached hydrogen (secondary N) is 2. The lowest BCUT2D eigenvalue weighted by Crippen LogP contribution is -2.15. The summed E-state index contributed by atoms with van der Waals surface area (Å²) in [5.41, 5.74) is 3.15. The molecule has 9 heteroatoms. The molecule has 6 nitrogen and oxygen atoms in total. The molecule has 0 unspecified atom stereocenters. The van der Waals surface area contributed by atoms with Crippen LogP contribution in [-0.2, 0) is 23.4 Å². The highest BCUT2D eigenvalue weighted by atomic mass is 32.2. The Morgan fingerprint density at radius 3 is 3.03 bits per heavy atom. The van der Waals surface area contributed by atoms with Crippen molar-refractivity contribution in [1.29, 1.82) is 0 Å². The Labute approximate surface area is 178 Å². The summed E-state index contributed by atoms with van der Waals surface area (Å²) in [6.07, 6.45) is 3.14. The summed E-state index contributed by atoms with van der Waals surface area (Å²) in [4.78, 5) is 38.9. The monoisotopic (exact) mass is 442 g/mol. The van der Waals surface area contributed by atoms with E-state index in [1.807, 2.05) is 25.1 Å². The third kappa shape index (κ3) is 3.58. The molecule has 1 amide bonds. The number of thioether (sulfide) groups is 1. The zero-order chi connectivity index (χ0) is 20.0. The van der Waals surface area contributed by atoms with Crippen molar-refractivity contribution < 1.29 is 4.79 Å². The number of amides is 1. The molecule has 0 radical (unpaired) electrons. The molecule has 0 fully saturated rings. The molecular formula is C20H18N4O2S3.